The highest BCUT2D eigenvalue weighted by atomic mass is 32.2. The van der Waals surface area contributed by atoms with E-state index in [4.69, 9.17) is 24.0 Å². The number of hydrogen-bond acceptors (Lipinski definition) is 5. The second kappa shape index (κ2) is 25.5. The van der Waals surface area contributed by atoms with Crippen molar-refractivity contribution in [2.75, 3.05) is 24.7 Å². The number of carbonyl (C=O) groups excluding carboxylic acids is 1. The van der Waals surface area contributed by atoms with E-state index in [9.17, 15) is 9.90 Å². The zero-order valence-corrected chi connectivity index (χ0v) is 22.1. The summed E-state index contributed by atoms with van der Waals surface area (Å²) in [5, 5.41) is 9.35. The van der Waals surface area contributed by atoms with E-state index >= 15 is 0 Å². The zero-order chi connectivity index (χ0) is 24.5. The minimum Gasteiger partial charge on any atom is -0.466 e. The molecule has 0 fully saturated rings. The molecule has 0 saturated carbocycles. The topological polar surface area (TPSA) is 124 Å². The summed E-state index contributed by atoms with van der Waals surface area (Å²) in [5.41, 5.74) is 0. The van der Waals surface area contributed by atoms with Gasteiger partial charge >= 0.3 is 13.8 Å². The molecular weight excluding hydrogens is 451 g/mol. The standard InChI is InChI=1S/C23H46O3S.H3O4P/c1-3-5-6-7-8-9-10-11-12-13-14-15-16-17-18-27-21-22(20-24)19-23(25)26-4-2;1-5(2,3)4/h22,24H,3-21H2,1-2H3;(H3,1,2,3,4). The maximum absolute atomic E-state index is 11.4. The number of ether oxygens (including phenoxy) is 1. The van der Waals surface area contributed by atoms with Crippen molar-refractivity contribution in [3.8, 4) is 0 Å². The Morgan fingerprint density at radius 2 is 1.22 bits per heavy atom. The van der Waals surface area contributed by atoms with Crippen LogP contribution in [-0.4, -0.2) is 50.5 Å². The Kier molecular flexibility index (Phi) is 27.2. The van der Waals surface area contributed by atoms with Gasteiger partial charge < -0.3 is 24.5 Å². The van der Waals surface area contributed by atoms with E-state index in [0.29, 0.717) is 13.0 Å². The molecule has 0 aromatic heterocycles. The molecule has 0 spiro atoms. The Labute approximate surface area is 200 Å². The van der Waals surface area contributed by atoms with Crippen molar-refractivity contribution in [2.45, 2.75) is 110 Å². The quantitative estimate of drug-likeness (QED) is 0.0881. The monoisotopic (exact) mass is 500 g/mol. The molecular formula is C23H49O7PS. The molecule has 0 bridgehead atoms. The van der Waals surface area contributed by atoms with Gasteiger partial charge in [0.05, 0.1) is 13.0 Å². The minimum absolute atomic E-state index is 0.0423. The van der Waals surface area contributed by atoms with Crippen LogP contribution in [0.4, 0.5) is 0 Å². The molecule has 0 aliphatic carbocycles. The smallest absolute Gasteiger partial charge is 0.466 e. The lowest BCUT2D eigenvalue weighted by atomic mass is 10.0. The Morgan fingerprint density at radius 1 is 0.812 bits per heavy atom. The van der Waals surface area contributed by atoms with E-state index in [1.165, 1.54) is 89.9 Å². The normalized spacial score (nSPS) is 12.2. The molecule has 32 heavy (non-hydrogen) atoms. The van der Waals surface area contributed by atoms with Crippen LogP contribution in [0, 0.1) is 5.92 Å². The number of unbranched alkanes of at least 4 members (excludes halogenated alkanes) is 13. The molecule has 1 unspecified atom stereocenters. The van der Waals surface area contributed by atoms with Gasteiger partial charge in [-0.15, -0.1) is 0 Å². The molecule has 0 heterocycles. The van der Waals surface area contributed by atoms with Crippen LogP contribution in [0.1, 0.15) is 110 Å². The van der Waals surface area contributed by atoms with Crippen LogP contribution in [-0.2, 0) is 14.1 Å². The van der Waals surface area contributed by atoms with Gasteiger partial charge in [-0.3, -0.25) is 4.79 Å². The lowest BCUT2D eigenvalue weighted by molar-refractivity contribution is -0.144. The second-order valence-electron chi connectivity index (χ2n) is 8.24. The zero-order valence-electron chi connectivity index (χ0n) is 20.4. The number of aliphatic hydroxyl groups excluding tert-OH is 1. The second-order valence-corrected chi connectivity index (χ2v) is 10.4. The number of hydrogen-bond donors (Lipinski definition) is 4. The van der Waals surface area contributed by atoms with Gasteiger partial charge in [0, 0.05) is 12.5 Å². The van der Waals surface area contributed by atoms with E-state index in [2.05, 4.69) is 6.92 Å². The first kappa shape index (κ1) is 34.1. The van der Waals surface area contributed by atoms with E-state index in [1.54, 1.807) is 0 Å². The van der Waals surface area contributed by atoms with Crippen LogP contribution < -0.4 is 0 Å². The van der Waals surface area contributed by atoms with E-state index in [0.717, 1.165) is 11.5 Å². The van der Waals surface area contributed by atoms with E-state index in [-0.39, 0.29) is 18.5 Å². The predicted molar refractivity (Wildman–Crippen MR) is 134 cm³/mol. The summed E-state index contributed by atoms with van der Waals surface area (Å²) >= 11 is 1.86. The Balaban J connectivity index is 0. The molecule has 4 N–H and O–H groups in total. The number of phosphoric acid groups is 1. The molecule has 0 amide bonds. The first-order chi connectivity index (χ1) is 15.2. The first-order valence-corrected chi connectivity index (χ1v) is 15.1. The van der Waals surface area contributed by atoms with Crippen molar-refractivity contribution >= 4 is 25.6 Å². The van der Waals surface area contributed by atoms with Crippen LogP contribution >= 0.6 is 19.6 Å². The third-order valence-corrected chi connectivity index (χ3v) is 6.30. The van der Waals surface area contributed by atoms with Gasteiger partial charge in [0.2, 0.25) is 0 Å². The van der Waals surface area contributed by atoms with Crippen LogP contribution in [0.5, 0.6) is 0 Å². The summed E-state index contributed by atoms with van der Waals surface area (Å²) in [7, 11) is -4.64. The van der Waals surface area contributed by atoms with E-state index < -0.39 is 7.82 Å². The highest BCUT2D eigenvalue weighted by Crippen LogP contribution is 2.25. The van der Waals surface area contributed by atoms with Crippen LogP contribution in [0.2, 0.25) is 0 Å². The molecule has 0 aliphatic heterocycles. The largest absolute Gasteiger partial charge is 0.466 e. The van der Waals surface area contributed by atoms with Gasteiger partial charge in [-0.25, -0.2) is 4.57 Å². The van der Waals surface area contributed by atoms with Crippen molar-refractivity contribution in [1.29, 1.82) is 0 Å². The maximum Gasteiger partial charge on any atom is 0.466 e. The molecule has 0 radical (unpaired) electrons. The molecule has 0 aliphatic rings. The van der Waals surface area contributed by atoms with Crippen molar-refractivity contribution < 1.29 is 33.9 Å². The summed E-state index contributed by atoms with van der Waals surface area (Å²) in [5.74, 6) is 1.85. The fourth-order valence-corrected chi connectivity index (χ4v) is 4.41. The molecule has 0 aromatic rings. The SMILES string of the molecule is CCCCCCCCCCCCCCCCSCC(CO)CC(=O)OCC.O=P(O)(O)O. The summed E-state index contributed by atoms with van der Waals surface area (Å²) in [6.07, 6.45) is 19.8. The number of thioether (sulfide) groups is 1. The highest BCUT2D eigenvalue weighted by molar-refractivity contribution is 7.99. The van der Waals surface area contributed by atoms with Crippen LogP contribution in [0.3, 0.4) is 0 Å². The van der Waals surface area contributed by atoms with Gasteiger partial charge in [0.15, 0.2) is 0 Å². The van der Waals surface area contributed by atoms with Crippen LogP contribution in [0.25, 0.3) is 0 Å². The Morgan fingerprint density at radius 3 is 1.59 bits per heavy atom. The van der Waals surface area contributed by atoms with Gasteiger partial charge in [-0.05, 0) is 24.9 Å². The van der Waals surface area contributed by atoms with Crippen molar-refractivity contribution in [3.05, 3.63) is 0 Å². The van der Waals surface area contributed by atoms with Gasteiger partial charge in [-0.1, -0.05) is 90.4 Å². The highest BCUT2D eigenvalue weighted by Gasteiger charge is 2.13. The summed E-state index contributed by atoms with van der Waals surface area (Å²) < 4.78 is 13.8. The fourth-order valence-electron chi connectivity index (χ4n) is 3.28. The third kappa shape index (κ3) is 34.5. The van der Waals surface area contributed by atoms with Gasteiger partial charge in [0.1, 0.15) is 0 Å². The lowest BCUT2D eigenvalue weighted by Crippen LogP contribution is -2.17. The summed E-state index contributed by atoms with van der Waals surface area (Å²) in [6.45, 7) is 4.59. The van der Waals surface area contributed by atoms with E-state index in [1.807, 2.05) is 18.7 Å². The predicted octanol–water partition coefficient (Wildman–Crippen LogP) is 5.83. The average Bonchev–Trinajstić information content (AvgIpc) is 2.71. The number of rotatable bonds is 21. The Hall–Kier alpha value is -0.110. The lowest BCUT2D eigenvalue weighted by Gasteiger charge is -2.12. The van der Waals surface area contributed by atoms with Crippen molar-refractivity contribution in [1.82, 2.24) is 0 Å². The third-order valence-electron chi connectivity index (χ3n) is 5.01. The molecule has 194 valence electrons. The average molecular weight is 501 g/mol. The van der Waals surface area contributed by atoms with Gasteiger partial charge in [0.25, 0.3) is 0 Å². The molecule has 0 saturated heterocycles. The van der Waals surface area contributed by atoms with Crippen molar-refractivity contribution in [3.63, 3.8) is 0 Å². The van der Waals surface area contributed by atoms with Crippen molar-refractivity contribution in [2.24, 2.45) is 5.92 Å². The minimum atomic E-state index is -4.64. The summed E-state index contributed by atoms with van der Waals surface area (Å²) in [4.78, 5) is 33.0. The van der Waals surface area contributed by atoms with Gasteiger partial charge in [-0.2, -0.15) is 11.8 Å². The molecule has 0 rings (SSSR count). The first-order valence-electron chi connectivity index (χ1n) is 12.4. The van der Waals surface area contributed by atoms with Crippen LogP contribution in [0.15, 0.2) is 0 Å². The number of aliphatic hydroxyl groups is 1. The molecule has 0 aromatic carbocycles. The Bertz CT molecular complexity index is 438. The fraction of sp³-hybridized carbons (Fsp3) is 0.957. The molecule has 7 nitrogen and oxygen atoms in total. The maximum atomic E-state index is 11.4. The number of carbonyl (C=O) groups is 1. The molecule has 9 heteroatoms. The molecule has 1 atom stereocenters. The number of esters is 1. The summed E-state index contributed by atoms with van der Waals surface area (Å²) in [6, 6.07) is 0.